The Labute approximate surface area is 123 Å². The van der Waals surface area contributed by atoms with Crippen LogP contribution in [0, 0.1) is 22.7 Å². The van der Waals surface area contributed by atoms with Crippen LogP contribution in [0.5, 0.6) is 0 Å². The zero-order chi connectivity index (χ0) is 14.8. The van der Waals surface area contributed by atoms with Crippen molar-refractivity contribution in [1.29, 1.82) is 10.5 Å². The average Bonchev–Trinajstić information content (AvgIpc) is 2.48. The summed E-state index contributed by atoms with van der Waals surface area (Å²) < 4.78 is 0. The molecule has 0 atom stereocenters. The smallest absolute Gasteiger partial charge is 0.101 e. The molecule has 106 valence electrons. The second kappa shape index (κ2) is 9.16. The second-order valence-electron chi connectivity index (χ2n) is 5.30. The Morgan fingerprint density at radius 1 is 0.750 bits per heavy atom. The van der Waals surface area contributed by atoms with Gasteiger partial charge in [-0.25, -0.2) is 0 Å². The highest BCUT2D eigenvalue weighted by Gasteiger charge is 2.09. The number of nitrogens with zero attached hydrogens (tertiary/aromatic N) is 2. The Kier molecular flexibility index (Phi) is 7.44. The highest BCUT2D eigenvalue weighted by atomic mass is 14.3. The molecule has 0 aliphatic carbocycles. The number of aryl methyl sites for hydroxylation is 2. The fourth-order valence-electron chi connectivity index (χ4n) is 2.47. The second-order valence-corrected chi connectivity index (χ2v) is 5.30. The summed E-state index contributed by atoms with van der Waals surface area (Å²) in [6, 6.07) is 8.18. The van der Waals surface area contributed by atoms with E-state index >= 15 is 0 Å². The molecule has 1 aromatic carbocycles. The maximum absolute atomic E-state index is 9.15. The highest BCUT2D eigenvalue weighted by molar-refractivity contribution is 5.50. The van der Waals surface area contributed by atoms with Crippen molar-refractivity contribution < 1.29 is 0 Å². The Hall–Kier alpha value is -1.80. The van der Waals surface area contributed by atoms with Gasteiger partial charge in [-0.05, 0) is 48.9 Å². The average molecular weight is 268 g/mol. The minimum Gasteiger partial charge on any atom is -0.192 e. The molecule has 0 N–H and O–H groups in total. The Morgan fingerprint density at radius 3 is 1.45 bits per heavy atom. The van der Waals surface area contributed by atoms with Gasteiger partial charge in [0.25, 0.3) is 0 Å². The van der Waals surface area contributed by atoms with Crippen LogP contribution in [0.25, 0.3) is 0 Å². The molecule has 0 aliphatic heterocycles. The fraction of sp³-hybridized carbons (Fsp3) is 0.556. The van der Waals surface area contributed by atoms with Gasteiger partial charge in [0.05, 0.1) is 11.1 Å². The van der Waals surface area contributed by atoms with Crippen LogP contribution in [0.2, 0.25) is 0 Å². The van der Waals surface area contributed by atoms with Crippen molar-refractivity contribution in [3.63, 3.8) is 0 Å². The van der Waals surface area contributed by atoms with Crippen molar-refractivity contribution in [2.45, 2.75) is 65.2 Å². The molecular formula is C18H24N2. The van der Waals surface area contributed by atoms with E-state index in [0.717, 1.165) is 25.7 Å². The van der Waals surface area contributed by atoms with Crippen molar-refractivity contribution in [1.82, 2.24) is 0 Å². The summed E-state index contributed by atoms with van der Waals surface area (Å²) in [6.07, 6.45) is 9.21. The lowest BCUT2D eigenvalue weighted by Crippen LogP contribution is -1.99. The largest absolute Gasteiger partial charge is 0.192 e. The molecule has 0 radical (unpaired) electrons. The van der Waals surface area contributed by atoms with Gasteiger partial charge in [0.15, 0.2) is 0 Å². The topological polar surface area (TPSA) is 47.6 Å². The van der Waals surface area contributed by atoms with Crippen LogP contribution < -0.4 is 0 Å². The maximum atomic E-state index is 9.15. The summed E-state index contributed by atoms with van der Waals surface area (Å²) in [5.41, 5.74) is 3.59. The van der Waals surface area contributed by atoms with E-state index in [0.29, 0.717) is 11.1 Å². The van der Waals surface area contributed by atoms with Crippen LogP contribution in [0.1, 0.15) is 74.6 Å². The third-order valence-corrected chi connectivity index (χ3v) is 3.68. The van der Waals surface area contributed by atoms with E-state index in [1.165, 1.54) is 36.8 Å². The summed E-state index contributed by atoms with van der Waals surface area (Å²) in [5, 5.41) is 18.3. The van der Waals surface area contributed by atoms with E-state index in [9.17, 15) is 0 Å². The Balaban J connectivity index is 2.97. The first-order chi connectivity index (χ1) is 9.76. The monoisotopic (exact) mass is 268 g/mol. The number of nitriles is 2. The first-order valence-corrected chi connectivity index (χ1v) is 7.72. The van der Waals surface area contributed by atoms with Gasteiger partial charge in [0, 0.05) is 0 Å². The molecule has 0 saturated heterocycles. The molecule has 1 rings (SSSR count). The predicted octanol–water partition coefficient (Wildman–Crippen LogP) is 4.90. The lowest BCUT2D eigenvalue weighted by atomic mass is 9.92. The minimum absolute atomic E-state index is 0.526. The summed E-state index contributed by atoms with van der Waals surface area (Å²) >= 11 is 0. The first-order valence-electron chi connectivity index (χ1n) is 7.72. The van der Waals surface area contributed by atoms with E-state index in [2.05, 4.69) is 26.0 Å². The van der Waals surface area contributed by atoms with Gasteiger partial charge in [-0.15, -0.1) is 0 Å². The Bertz CT molecular complexity index is 456. The third kappa shape index (κ3) is 4.71. The van der Waals surface area contributed by atoms with Gasteiger partial charge in [0.1, 0.15) is 12.1 Å². The third-order valence-electron chi connectivity index (χ3n) is 3.68. The van der Waals surface area contributed by atoms with Crippen LogP contribution >= 0.6 is 0 Å². The number of benzene rings is 1. The zero-order valence-electron chi connectivity index (χ0n) is 12.7. The van der Waals surface area contributed by atoms with Gasteiger partial charge in [-0.2, -0.15) is 10.5 Å². The molecule has 0 amide bonds. The lowest BCUT2D eigenvalue weighted by molar-refractivity contribution is 0.693. The molecule has 1 aromatic rings. The molecule has 0 aliphatic rings. The van der Waals surface area contributed by atoms with E-state index in [1.807, 2.05) is 12.1 Å². The zero-order valence-corrected chi connectivity index (χ0v) is 12.7. The summed E-state index contributed by atoms with van der Waals surface area (Å²) in [7, 11) is 0. The number of hydrogen-bond acceptors (Lipinski definition) is 2. The van der Waals surface area contributed by atoms with Gasteiger partial charge in [-0.1, -0.05) is 39.5 Å². The van der Waals surface area contributed by atoms with Gasteiger partial charge in [0.2, 0.25) is 0 Å². The van der Waals surface area contributed by atoms with Crippen LogP contribution in [-0.4, -0.2) is 0 Å². The Morgan fingerprint density at radius 2 is 1.15 bits per heavy atom. The van der Waals surface area contributed by atoms with Crippen molar-refractivity contribution in [2.75, 3.05) is 0 Å². The molecule has 0 unspecified atom stereocenters. The molecule has 0 aromatic heterocycles. The minimum atomic E-state index is 0.526. The van der Waals surface area contributed by atoms with Crippen LogP contribution in [0.3, 0.4) is 0 Å². The first kappa shape index (κ1) is 16.3. The van der Waals surface area contributed by atoms with E-state index in [1.54, 1.807) is 0 Å². The molecule has 0 bridgehead atoms. The quantitative estimate of drug-likeness (QED) is 0.630. The van der Waals surface area contributed by atoms with Crippen molar-refractivity contribution in [2.24, 2.45) is 0 Å². The van der Waals surface area contributed by atoms with E-state index < -0.39 is 0 Å². The van der Waals surface area contributed by atoms with Crippen LogP contribution in [0.15, 0.2) is 12.1 Å². The lowest BCUT2D eigenvalue weighted by Gasteiger charge is -2.11. The normalized spacial score (nSPS) is 10.0. The van der Waals surface area contributed by atoms with Crippen molar-refractivity contribution in [3.05, 3.63) is 34.4 Å². The van der Waals surface area contributed by atoms with Crippen molar-refractivity contribution >= 4 is 0 Å². The molecule has 0 heterocycles. The molecular weight excluding hydrogens is 244 g/mol. The number of unbranched alkanes of at least 4 members (excludes halogenated alkanes) is 4. The number of hydrogen-bond donors (Lipinski definition) is 0. The summed E-state index contributed by atoms with van der Waals surface area (Å²) in [4.78, 5) is 0. The molecule has 0 spiro atoms. The standard InChI is InChI=1S/C18H24N2/c1-3-5-7-9-15-11-17(13-19)18(14-20)12-16(15)10-8-6-4-2/h11-12H,3-10H2,1-2H3. The fourth-order valence-corrected chi connectivity index (χ4v) is 2.47. The van der Waals surface area contributed by atoms with Crippen molar-refractivity contribution in [3.8, 4) is 12.1 Å². The van der Waals surface area contributed by atoms with E-state index in [-0.39, 0.29) is 0 Å². The SMILES string of the molecule is CCCCCc1cc(C#N)c(C#N)cc1CCCCC. The van der Waals surface area contributed by atoms with Crippen LogP contribution in [0.4, 0.5) is 0 Å². The molecule has 2 nitrogen and oxygen atoms in total. The predicted molar refractivity (Wildman–Crippen MR) is 82.3 cm³/mol. The summed E-state index contributed by atoms with van der Waals surface area (Å²) in [6.45, 7) is 4.39. The van der Waals surface area contributed by atoms with Crippen LogP contribution in [-0.2, 0) is 12.8 Å². The molecule has 0 saturated carbocycles. The van der Waals surface area contributed by atoms with Gasteiger partial charge in [-0.3, -0.25) is 0 Å². The maximum Gasteiger partial charge on any atom is 0.101 e. The molecule has 0 fully saturated rings. The molecule has 2 heteroatoms. The highest BCUT2D eigenvalue weighted by Crippen LogP contribution is 2.21. The van der Waals surface area contributed by atoms with E-state index in [4.69, 9.17) is 10.5 Å². The number of rotatable bonds is 8. The summed E-state index contributed by atoms with van der Waals surface area (Å²) in [5.74, 6) is 0. The van der Waals surface area contributed by atoms with Gasteiger partial charge < -0.3 is 0 Å². The van der Waals surface area contributed by atoms with Gasteiger partial charge >= 0.3 is 0 Å². The molecule has 20 heavy (non-hydrogen) atoms.